The molecule has 0 saturated heterocycles. The molecule has 2 N–H and O–H groups in total. The van der Waals surface area contributed by atoms with Gasteiger partial charge in [0.2, 0.25) is 0 Å². The van der Waals surface area contributed by atoms with Gasteiger partial charge in [0.05, 0.1) is 0 Å². The molecule has 1 amide bonds. The molecule has 1 unspecified atom stereocenters. The van der Waals surface area contributed by atoms with Crippen molar-refractivity contribution in [3.05, 3.63) is 36.0 Å². The standard InChI is InChI=1S/C14H18N2OS/c1-3-11(9-18-2)15-14(17)13-8-10-6-4-5-7-12(10)16-13/h4-8,11,16H,3,9H2,1-2H3,(H,15,17). The lowest BCUT2D eigenvalue weighted by Gasteiger charge is -2.14. The highest BCUT2D eigenvalue weighted by Crippen LogP contribution is 2.14. The second kappa shape index (κ2) is 5.96. The summed E-state index contributed by atoms with van der Waals surface area (Å²) in [6, 6.07) is 10.0. The maximum Gasteiger partial charge on any atom is 0.267 e. The molecule has 2 rings (SSSR count). The Hall–Kier alpha value is -1.42. The van der Waals surface area contributed by atoms with Crippen LogP contribution in [-0.4, -0.2) is 28.9 Å². The van der Waals surface area contributed by atoms with Gasteiger partial charge >= 0.3 is 0 Å². The minimum Gasteiger partial charge on any atom is -0.351 e. The van der Waals surface area contributed by atoms with E-state index < -0.39 is 0 Å². The van der Waals surface area contributed by atoms with Crippen molar-refractivity contribution in [2.45, 2.75) is 19.4 Å². The number of carbonyl (C=O) groups excluding carboxylic acids is 1. The first-order valence-corrected chi connectivity index (χ1v) is 7.51. The number of aromatic amines is 1. The number of para-hydroxylation sites is 1. The Bertz CT molecular complexity index is 502. The second-order valence-corrected chi connectivity index (χ2v) is 5.21. The molecule has 0 fully saturated rings. The smallest absolute Gasteiger partial charge is 0.267 e. The number of thioether (sulfide) groups is 1. The Balaban J connectivity index is 2.13. The lowest BCUT2D eigenvalue weighted by atomic mass is 10.2. The predicted molar refractivity (Wildman–Crippen MR) is 78.2 cm³/mol. The molecular weight excluding hydrogens is 244 g/mol. The minimum absolute atomic E-state index is 0.0212. The predicted octanol–water partition coefficient (Wildman–Crippen LogP) is 3.04. The maximum absolute atomic E-state index is 12.1. The third kappa shape index (κ3) is 2.88. The summed E-state index contributed by atoms with van der Waals surface area (Å²) in [6.45, 7) is 2.09. The first kappa shape index (κ1) is 13.0. The summed E-state index contributed by atoms with van der Waals surface area (Å²) in [4.78, 5) is 15.3. The molecule has 2 aromatic rings. The van der Waals surface area contributed by atoms with Crippen molar-refractivity contribution in [2.75, 3.05) is 12.0 Å². The van der Waals surface area contributed by atoms with Crippen LogP contribution in [0.5, 0.6) is 0 Å². The number of hydrogen-bond donors (Lipinski definition) is 2. The zero-order valence-electron chi connectivity index (χ0n) is 10.7. The van der Waals surface area contributed by atoms with Crippen molar-refractivity contribution >= 4 is 28.6 Å². The third-order valence-electron chi connectivity index (χ3n) is 2.97. The van der Waals surface area contributed by atoms with Crippen LogP contribution in [0.1, 0.15) is 23.8 Å². The number of rotatable bonds is 5. The van der Waals surface area contributed by atoms with Crippen molar-refractivity contribution in [1.29, 1.82) is 0 Å². The van der Waals surface area contributed by atoms with Crippen LogP contribution in [0.3, 0.4) is 0 Å². The average Bonchev–Trinajstić information content (AvgIpc) is 2.82. The van der Waals surface area contributed by atoms with Gasteiger partial charge in [0.25, 0.3) is 5.91 Å². The molecule has 4 heteroatoms. The second-order valence-electron chi connectivity index (χ2n) is 4.30. The molecule has 0 spiro atoms. The number of nitrogens with one attached hydrogen (secondary N) is 2. The summed E-state index contributed by atoms with van der Waals surface area (Å²) in [7, 11) is 0. The number of fused-ring (bicyclic) bond motifs is 1. The number of amides is 1. The summed E-state index contributed by atoms with van der Waals surface area (Å²) in [5.41, 5.74) is 1.64. The Morgan fingerprint density at radius 3 is 2.89 bits per heavy atom. The number of benzene rings is 1. The molecule has 1 aromatic carbocycles. The van der Waals surface area contributed by atoms with Gasteiger partial charge in [-0.25, -0.2) is 0 Å². The summed E-state index contributed by atoms with van der Waals surface area (Å²) in [5, 5.41) is 4.12. The average molecular weight is 262 g/mol. The first-order chi connectivity index (χ1) is 8.74. The van der Waals surface area contributed by atoms with Crippen molar-refractivity contribution < 1.29 is 4.79 Å². The van der Waals surface area contributed by atoms with E-state index in [4.69, 9.17) is 0 Å². The van der Waals surface area contributed by atoms with E-state index in [-0.39, 0.29) is 11.9 Å². The minimum atomic E-state index is -0.0212. The van der Waals surface area contributed by atoms with Gasteiger partial charge in [-0.1, -0.05) is 25.1 Å². The largest absolute Gasteiger partial charge is 0.351 e. The Morgan fingerprint density at radius 2 is 2.22 bits per heavy atom. The van der Waals surface area contributed by atoms with Crippen LogP contribution in [0.15, 0.2) is 30.3 Å². The first-order valence-electron chi connectivity index (χ1n) is 6.12. The van der Waals surface area contributed by atoms with Crippen molar-refractivity contribution in [3.8, 4) is 0 Å². The van der Waals surface area contributed by atoms with Gasteiger partial charge in [-0.05, 0) is 24.8 Å². The number of carbonyl (C=O) groups is 1. The molecule has 0 aliphatic heterocycles. The van der Waals surface area contributed by atoms with Crippen molar-refractivity contribution in [1.82, 2.24) is 10.3 Å². The summed E-state index contributed by atoms with van der Waals surface area (Å²) in [6.07, 6.45) is 3.00. The van der Waals surface area contributed by atoms with E-state index in [1.54, 1.807) is 11.8 Å². The SMILES string of the molecule is CCC(CSC)NC(=O)c1cc2ccccc2[nH]1. The fourth-order valence-electron chi connectivity index (χ4n) is 1.92. The molecule has 0 radical (unpaired) electrons. The number of hydrogen-bond acceptors (Lipinski definition) is 2. The van der Waals surface area contributed by atoms with E-state index in [0.29, 0.717) is 5.69 Å². The van der Waals surface area contributed by atoms with Crippen LogP contribution >= 0.6 is 11.8 Å². The molecule has 96 valence electrons. The molecule has 1 aromatic heterocycles. The highest BCUT2D eigenvalue weighted by atomic mass is 32.2. The summed E-state index contributed by atoms with van der Waals surface area (Å²) in [5.74, 6) is 0.926. The van der Waals surface area contributed by atoms with Gasteiger partial charge in [-0.2, -0.15) is 11.8 Å². The normalized spacial score (nSPS) is 12.6. The number of H-pyrrole nitrogens is 1. The zero-order chi connectivity index (χ0) is 13.0. The highest BCUT2D eigenvalue weighted by molar-refractivity contribution is 7.98. The third-order valence-corrected chi connectivity index (χ3v) is 3.71. The lowest BCUT2D eigenvalue weighted by molar-refractivity contribution is 0.0936. The van der Waals surface area contributed by atoms with Gasteiger partial charge in [-0.15, -0.1) is 0 Å². The van der Waals surface area contributed by atoms with Crippen LogP contribution in [0.25, 0.3) is 10.9 Å². The van der Waals surface area contributed by atoms with Crippen LogP contribution in [0, 0.1) is 0 Å². The Morgan fingerprint density at radius 1 is 1.44 bits per heavy atom. The highest BCUT2D eigenvalue weighted by Gasteiger charge is 2.13. The zero-order valence-corrected chi connectivity index (χ0v) is 11.5. The maximum atomic E-state index is 12.1. The van der Waals surface area contributed by atoms with Gasteiger partial charge in [0, 0.05) is 22.7 Å². The van der Waals surface area contributed by atoms with Crippen LogP contribution in [0.4, 0.5) is 0 Å². The molecule has 0 aliphatic rings. The summed E-state index contributed by atoms with van der Waals surface area (Å²) < 4.78 is 0. The molecule has 1 heterocycles. The Labute approximate surface area is 111 Å². The molecule has 0 saturated carbocycles. The van der Waals surface area contributed by atoms with Gasteiger partial charge in [-0.3, -0.25) is 4.79 Å². The van der Waals surface area contributed by atoms with Gasteiger partial charge in [0.1, 0.15) is 5.69 Å². The van der Waals surface area contributed by atoms with Crippen LogP contribution in [-0.2, 0) is 0 Å². The topological polar surface area (TPSA) is 44.9 Å². The Kier molecular flexibility index (Phi) is 4.31. The van der Waals surface area contributed by atoms with Crippen molar-refractivity contribution in [3.63, 3.8) is 0 Å². The van der Waals surface area contributed by atoms with E-state index in [9.17, 15) is 4.79 Å². The molecule has 0 aliphatic carbocycles. The lowest BCUT2D eigenvalue weighted by Crippen LogP contribution is -2.36. The van der Waals surface area contributed by atoms with Crippen molar-refractivity contribution in [2.24, 2.45) is 0 Å². The summed E-state index contributed by atoms with van der Waals surface area (Å²) >= 11 is 1.75. The van der Waals surface area contributed by atoms with E-state index in [0.717, 1.165) is 23.1 Å². The van der Waals surface area contributed by atoms with E-state index >= 15 is 0 Å². The molecular formula is C14H18N2OS. The van der Waals surface area contributed by atoms with E-state index in [2.05, 4.69) is 23.5 Å². The molecule has 0 bridgehead atoms. The van der Waals surface area contributed by atoms with Gasteiger partial charge in [0.15, 0.2) is 0 Å². The fraction of sp³-hybridized carbons (Fsp3) is 0.357. The van der Waals surface area contributed by atoms with Crippen LogP contribution in [0.2, 0.25) is 0 Å². The van der Waals surface area contributed by atoms with Gasteiger partial charge < -0.3 is 10.3 Å². The van der Waals surface area contributed by atoms with E-state index in [1.165, 1.54) is 0 Å². The quantitative estimate of drug-likeness (QED) is 0.870. The molecule has 3 nitrogen and oxygen atoms in total. The monoisotopic (exact) mass is 262 g/mol. The molecule has 18 heavy (non-hydrogen) atoms. The number of aromatic nitrogens is 1. The van der Waals surface area contributed by atoms with E-state index in [1.807, 2.05) is 30.3 Å². The van der Waals surface area contributed by atoms with Crippen LogP contribution < -0.4 is 5.32 Å². The fourth-order valence-corrected chi connectivity index (χ4v) is 2.64. The molecule has 1 atom stereocenters.